The maximum absolute atomic E-state index is 12.4. The van der Waals surface area contributed by atoms with Crippen LogP contribution in [0.4, 0.5) is 0 Å². The quantitative estimate of drug-likeness (QED) is 0.520. The highest BCUT2D eigenvalue weighted by Gasteiger charge is 2.47. The lowest BCUT2D eigenvalue weighted by atomic mass is 9.88. The molecule has 2 bridgehead atoms. The van der Waals surface area contributed by atoms with Crippen molar-refractivity contribution in [3.8, 4) is 5.88 Å². The third kappa shape index (κ3) is 2.30. The van der Waals surface area contributed by atoms with Crippen LogP contribution >= 0.6 is 22.6 Å². The van der Waals surface area contributed by atoms with Crippen LogP contribution in [0.5, 0.6) is 5.88 Å². The van der Waals surface area contributed by atoms with E-state index in [9.17, 15) is 4.79 Å². The molecule has 0 N–H and O–H groups in total. The second-order valence-electron chi connectivity index (χ2n) is 4.77. The Morgan fingerprint density at radius 1 is 1.47 bits per heavy atom. The Bertz CT molecular complexity index is 470. The molecule has 7 heteroatoms. The Hall–Kier alpha value is -0.920. The summed E-state index contributed by atoms with van der Waals surface area (Å²) in [7, 11) is 3.02. The summed E-state index contributed by atoms with van der Waals surface area (Å²) >= 11 is 4.21. The third-order valence-corrected chi connectivity index (χ3v) is 4.92. The molecule has 5 nitrogen and oxygen atoms in total. The largest absolute Gasteiger partial charge is 0.481 e. The van der Waals surface area contributed by atoms with Gasteiger partial charge in [0.15, 0.2) is 0 Å². The van der Waals surface area contributed by atoms with Gasteiger partial charge >= 0.3 is 0 Å². The van der Waals surface area contributed by atoms with E-state index in [0.29, 0.717) is 23.5 Å². The second-order valence-corrected chi connectivity index (χ2v) is 5.94. The van der Waals surface area contributed by atoms with E-state index in [1.807, 2.05) is 4.90 Å². The lowest BCUT2D eigenvalue weighted by molar-refractivity contribution is -0.0219. The fourth-order valence-corrected chi connectivity index (χ4v) is 3.62. The molecule has 102 valence electrons. The number of likely N-dealkylation sites (tertiary alicyclic amines) is 1. The summed E-state index contributed by atoms with van der Waals surface area (Å²) in [6.45, 7) is 1.78. The van der Waals surface area contributed by atoms with Gasteiger partial charge in [-0.3, -0.25) is 4.79 Å². The summed E-state index contributed by atoms with van der Waals surface area (Å²) in [5, 5.41) is 0. The van der Waals surface area contributed by atoms with E-state index in [0.717, 1.165) is 19.5 Å². The van der Waals surface area contributed by atoms with Crippen LogP contribution in [-0.2, 0) is 0 Å². The molecule has 0 saturated carbocycles. The predicted molar refractivity (Wildman–Crippen MR) is 77.3 cm³/mol. The lowest BCUT2D eigenvalue weighted by Gasteiger charge is -2.55. The predicted octanol–water partition coefficient (Wildman–Crippen LogP) is 1.48. The molecule has 1 aromatic rings. The molecule has 0 aliphatic carbocycles. The highest BCUT2D eigenvalue weighted by Crippen LogP contribution is 2.36. The van der Waals surface area contributed by atoms with Crippen molar-refractivity contribution in [3.63, 3.8) is 0 Å². The fourth-order valence-electron chi connectivity index (χ4n) is 2.75. The molecule has 0 radical (unpaired) electrons. The van der Waals surface area contributed by atoms with Crippen LogP contribution in [0.3, 0.4) is 0 Å². The molecule has 2 aliphatic rings. The molecule has 2 unspecified atom stereocenters. The van der Waals surface area contributed by atoms with Crippen LogP contribution in [0.15, 0.2) is 18.3 Å². The number of methoxy groups -OCH3 is 1. The number of piperidine rings is 1. The van der Waals surface area contributed by atoms with Gasteiger partial charge in [-0.15, -0.1) is 0 Å². The molecular weight excluding hydrogens is 282 g/mol. The second kappa shape index (κ2) is 5.22. The van der Waals surface area contributed by atoms with Crippen LogP contribution in [0, 0.1) is 0 Å². The number of carbonyl (C=O) groups is 1. The standard InChI is InChI=1S/C12H15N3O2S2/c1-17-11-3-2-8(5-13-11)12(16)15-9-4-10(15)7-14(6-9)19-18/h2-3,5,9-10,18H,4,6-7H2,1H3. The molecular formula is C12H15N3O2S2. The molecule has 1 aromatic heterocycles. The lowest BCUT2D eigenvalue weighted by Crippen LogP contribution is -2.68. The number of pyridine rings is 1. The minimum Gasteiger partial charge on any atom is -0.481 e. The van der Waals surface area contributed by atoms with Crippen molar-refractivity contribution in [1.29, 1.82) is 0 Å². The van der Waals surface area contributed by atoms with Crippen molar-refractivity contribution < 1.29 is 9.53 Å². The summed E-state index contributed by atoms with van der Waals surface area (Å²) < 4.78 is 7.19. The number of hydrogen-bond acceptors (Lipinski definition) is 6. The fraction of sp³-hybridized carbons (Fsp3) is 0.500. The minimum atomic E-state index is 0.0696. The SMILES string of the molecule is COc1ccc(C(=O)N2C3CC2CN(SS)C3)cn1. The Kier molecular flexibility index (Phi) is 3.60. The molecule has 1 amide bonds. The summed E-state index contributed by atoms with van der Waals surface area (Å²) in [6, 6.07) is 4.12. The van der Waals surface area contributed by atoms with Crippen LogP contribution in [0.1, 0.15) is 16.8 Å². The Morgan fingerprint density at radius 2 is 2.21 bits per heavy atom. The smallest absolute Gasteiger partial charge is 0.256 e. The van der Waals surface area contributed by atoms with Crippen molar-refractivity contribution in [2.45, 2.75) is 18.5 Å². The molecule has 2 saturated heterocycles. The molecule has 3 heterocycles. The molecule has 2 aliphatic heterocycles. The summed E-state index contributed by atoms with van der Waals surface area (Å²) in [5.41, 5.74) is 0.627. The Balaban J connectivity index is 1.71. The topological polar surface area (TPSA) is 45.7 Å². The number of piperazine rings is 1. The van der Waals surface area contributed by atoms with E-state index in [1.54, 1.807) is 25.4 Å². The molecule has 2 fully saturated rings. The maximum Gasteiger partial charge on any atom is 0.256 e. The number of rotatable bonds is 3. The summed E-state index contributed by atoms with van der Waals surface area (Å²) in [6.07, 6.45) is 2.68. The average Bonchev–Trinajstić information content (AvgIpc) is 2.47. The Labute approximate surface area is 121 Å². The first-order valence-corrected chi connectivity index (χ1v) is 7.94. The van der Waals surface area contributed by atoms with Crippen LogP contribution in [0.25, 0.3) is 0 Å². The van der Waals surface area contributed by atoms with Gasteiger partial charge in [0.2, 0.25) is 5.88 Å². The van der Waals surface area contributed by atoms with Gasteiger partial charge in [-0.2, -0.15) is 0 Å². The first-order valence-electron chi connectivity index (χ1n) is 6.12. The van der Waals surface area contributed by atoms with Gasteiger partial charge in [0.1, 0.15) is 0 Å². The monoisotopic (exact) mass is 297 g/mol. The van der Waals surface area contributed by atoms with Gasteiger partial charge < -0.3 is 9.64 Å². The van der Waals surface area contributed by atoms with Crippen molar-refractivity contribution in [3.05, 3.63) is 23.9 Å². The number of amides is 1. The summed E-state index contributed by atoms with van der Waals surface area (Å²) in [5.74, 6) is 0.596. The van der Waals surface area contributed by atoms with E-state index < -0.39 is 0 Å². The number of thiol groups is 1. The van der Waals surface area contributed by atoms with Gasteiger partial charge in [-0.25, -0.2) is 9.29 Å². The average molecular weight is 297 g/mol. The molecule has 2 atom stereocenters. The number of hydrogen-bond donors (Lipinski definition) is 1. The minimum absolute atomic E-state index is 0.0696. The zero-order valence-corrected chi connectivity index (χ0v) is 12.2. The van der Waals surface area contributed by atoms with Gasteiger partial charge in [-0.1, -0.05) is 11.7 Å². The van der Waals surface area contributed by atoms with Crippen molar-refractivity contribution >= 4 is 28.5 Å². The third-order valence-electron chi connectivity index (χ3n) is 3.70. The van der Waals surface area contributed by atoms with Crippen LogP contribution in [0.2, 0.25) is 0 Å². The van der Waals surface area contributed by atoms with Crippen molar-refractivity contribution in [1.82, 2.24) is 14.2 Å². The van der Waals surface area contributed by atoms with E-state index in [4.69, 9.17) is 4.74 Å². The maximum atomic E-state index is 12.4. The summed E-state index contributed by atoms with van der Waals surface area (Å²) in [4.78, 5) is 18.5. The first kappa shape index (κ1) is 13.1. The normalized spacial score (nSPS) is 25.9. The zero-order valence-electron chi connectivity index (χ0n) is 10.5. The number of ether oxygens (including phenoxy) is 1. The van der Waals surface area contributed by atoms with E-state index in [-0.39, 0.29) is 5.91 Å². The van der Waals surface area contributed by atoms with Gasteiger partial charge in [0.05, 0.1) is 12.7 Å². The molecule has 19 heavy (non-hydrogen) atoms. The Morgan fingerprint density at radius 3 is 2.74 bits per heavy atom. The first-order chi connectivity index (χ1) is 9.22. The molecule has 3 rings (SSSR count). The number of fused-ring (bicyclic) bond motifs is 2. The number of aromatic nitrogens is 1. The zero-order chi connectivity index (χ0) is 13.4. The van der Waals surface area contributed by atoms with E-state index >= 15 is 0 Å². The van der Waals surface area contributed by atoms with Gasteiger partial charge in [-0.05, 0) is 23.5 Å². The molecule has 0 spiro atoms. The van der Waals surface area contributed by atoms with Gasteiger partial charge in [0, 0.05) is 37.4 Å². The van der Waals surface area contributed by atoms with E-state index in [1.165, 1.54) is 11.0 Å². The van der Waals surface area contributed by atoms with Crippen molar-refractivity contribution in [2.24, 2.45) is 0 Å². The van der Waals surface area contributed by atoms with Crippen LogP contribution < -0.4 is 4.74 Å². The number of nitrogens with zero attached hydrogens (tertiary/aromatic N) is 3. The highest BCUT2D eigenvalue weighted by molar-refractivity contribution is 8.67. The van der Waals surface area contributed by atoms with E-state index in [2.05, 4.69) is 20.9 Å². The van der Waals surface area contributed by atoms with Crippen molar-refractivity contribution in [2.75, 3.05) is 20.2 Å². The number of carbonyl (C=O) groups excluding carboxylic acids is 1. The highest BCUT2D eigenvalue weighted by atomic mass is 33.1. The molecule has 0 aromatic carbocycles. The van der Waals surface area contributed by atoms with Crippen LogP contribution in [-0.4, -0.2) is 52.4 Å². The van der Waals surface area contributed by atoms with Gasteiger partial charge in [0.25, 0.3) is 5.91 Å².